The summed E-state index contributed by atoms with van der Waals surface area (Å²) in [6.07, 6.45) is 5.50. The van der Waals surface area contributed by atoms with Crippen molar-refractivity contribution in [3.05, 3.63) is 170 Å². The van der Waals surface area contributed by atoms with Crippen LogP contribution >= 0.6 is 0 Å². The van der Waals surface area contributed by atoms with Gasteiger partial charge in [-0.05, 0) is 67.1 Å². The summed E-state index contributed by atoms with van der Waals surface area (Å²) < 4.78 is 13.9. The minimum atomic E-state index is 0.247. The molecule has 0 amide bonds. The minimum Gasteiger partial charge on any atom is -0.508 e. The number of benzene rings is 6. The van der Waals surface area contributed by atoms with E-state index < -0.39 is 0 Å². The highest BCUT2D eigenvalue weighted by Crippen LogP contribution is 2.22. The molecule has 9 heteroatoms. The fourth-order valence-electron chi connectivity index (χ4n) is 5.35. The third kappa shape index (κ3) is 8.60. The predicted octanol–water partition coefficient (Wildman–Crippen LogP) is 9.33. The minimum absolute atomic E-state index is 0.247. The number of aryl methyl sites for hydroxylation is 1. The number of hydrogen-bond donors (Lipinski definition) is 2. The van der Waals surface area contributed by atoms with Gasteiger partial charge in [-0.25, -0.2) is 9.36 Å². The van der Waals surface area contributed by atoms with Crippen molar-refractivity contribution >= 4 is 32.7 Å². The van der Waals surface area contributed by atoms with Crippen LogP contribution in [0.1, 0.15) is 5.56 Å². The second-order valence-electron chi connectivity index (χ2n) is 11.4. The molecule has 254 valence electrons. The summed E-state index contributed by atoms with van der Waals surface area (Å²) in [5.74, 6) is 2.01. The van der Waals surface area contributed by atoms with E-state index in [2.05, 4.69) is 32.5 Å². The Bertz CT molecular complexity index is 2430. The van der Waals surface area contributed by atoms with Crippen molar-refractivity contribution in [1.82, 2.24) is 29.8 Å². The number of aromatic nitrogens is 6. The van der Waals surface area contributed by atoms with Gasteiger partial charge in [0.25, 0.3) is 0 Å². The number of hydrogen-bond acceptors (Lipinski definition) is 6. The van der Waals surface area contributed by atoms with Gasteiger partial charge in [-0.1, -0.05) is 78.9 Å². The molecule has 9 nitrogen and oxygen atoms in total. The van der Waals surface area contributed by atoms with E-state index in [0.29, 0.717) is 0 Å². The number of H-pyrrole nitrogens is 1. The van der Waals surface area contributed by atoms with E-state index in [4.69, 9.17) is 9.47 Å². The molecule has 0 saturated carbocycles. The van der Waals surface area contributed by atoms with Crippen LogP contribution in [-0.4, -0.2) is 49.1 Å². The lowest BCUT2D eigenvalue weighted by Gasteiger charge is -2.05. The molecule has 0 atom stereocenters. The largest absolute Gasteiger partial charge is 0.508 e. The number of phenols is 1. The maximum atomic E-state index is 9.44. The third-order valence-electron chi connectivity index (χ3n) is 7.90. The topological polar surface area (TPSA) is 103 Å². The van der Waals surface area contributed by atoms with E-state index in [0.717, 1.165) is 55.6 Å². The average molecular weight is 675 g/mol. The van der Waals surface area contributed by atoms with Crippen molar-refractivity contribution in [3.63, 3.8) is 0 Å². The van der Waals surface area contributed by atoms with Crippen LogP contribution in [0.2, 0.25) is 0 Å². The Kier molecular flexibility index (Phi) is 11.0. The highest BCUT2D eigenvalue weighted by atomic mass is 16.5. The molecule has 0 aliphatic rings. The Labute approximate surface area is 296 Å². The standard InChI is InChI=1S/C14H12N2O.C13H10N2O.C8H10O.C7H6N2/c1-17-13-7-4-6-12(9-13)16-14-8-3-2-5-11(14)10-15-16;16-12-6-3-5-11(8-12)15-13-7-2-1-4-10(13)9-14-15;1-7-4-3-5-8(6-7)9-2;1-2-4-7-6(3-1)5-8-9-7/h2-10H,1H3;1-9,16H;3-6H,1-2H3;1-5H,(H,8,9). The summed E-state index contributed by atoms with van der Waals surface area (Å²) in [5, 5.41) is 28.3. The van der Waals surface area contributed by atoms with Crippen molar-refractivity contribution in [2.75, 3.05) is 14.2 Å². The summed E-state index contributed by atoms with van der Waals surface area (Å²) in [6.45, 7) is 2.04. The molecule has 9 rings (SSSR count). The van der Waals surface area contributed by atoms with Crippen molar-refractivity contribution < 1.29 is 14.6 Å². The lowest BCUT2D eigenvalue weighted by Crippen LogP contribution is -1.96. The number of rotatable bonds is 4. The number of methoxy groups -OCH3 is 2. The van der Waals surface area contributed by atoms with Gasteiger partial charge in [0.05, 0.1) is 60.7 Å². The van der Waals surface area contributed by atoms with Crippen molar-refractivity contribution in [3.8, 4) is 28.6 Å². The maximum absolute atomic E-state index is 9.44. The van der Waals surface area contributed by atoms with Gasteiger partial charge < -0.3 is 14.6 Å². The number of aromatic amines is 1. The van der Waals surface area contributed by atoms with Gasteiger partial charge in [-0.3, -0.25) is 5.10 Å². The zero-order valence-corrected chi connectivity index (χ0v) is 28.6. The number of nitrogens with zero attached hydrogens (tertiary/aromatic N) is 5. The van der Waals surface area contributed by atoms with Gasteiger partial charge in [0.15, 0.2) is 0 Å². The molecule has 3 heterocycles. The molecule has 0 saturated heterocycles. The lowest BCUT2D eigenvalue weighted by molar-refractivity contribution is 0.414. The molecule has 0 unspecified atom stereocenters. The fourth-order valence-corrected chi connectivity index (χ4v) is 5.35. The van der Waals surface area contributed by atoms with E-state index in [1.165, 1.54) is 5.56 Å². The van der Waals surface area contributed by atoms with E-state index in [-0.39, 0.29) is 5.75 Å². The highest BCUT2D eigenvalue weighted by Gasteiger charge is 2.05. The smallest absolute Gasteiger partial charge is 0.121 e. The Morgan fingerprint density at radius 1 is 0.529 bits per heavy atom. The van der Waals surface area contributed by atoms with Crippen LogP contribution < -0.4 is 9.47 Å². The quantitative estimate of drug-likeness (QED) is 0.193. The SMILES string of the molecule is COc1cccc(-n2ncc3ccccc32)c1.COc1cccc(C)c1.Oc1cccc(-n2ncc3ccccc32)c1.c1ccc2[nH]ncc2c1. The second kappa shape index (κ2) is 16.5. The first-order valence-electron chi connectivity index (χ1n) is 16.3. The molecular weight excluding hydrogens is 637 g/mol. The molecule has 51 heavy (non-hydrogen) atoms. The zero-order valence-electron chi connectivity index (χ0n) is 28.6. The molecule has 0 spiro atoms. The molecule has 6 aromatic carbocycles. The first-order valence-corrected chi connectivity index (χ1v) is 16.3. The number of phenolic OH excluding ortho intramolecular Hbond substituents is 1. The lowest BCUT2D eigenvalue weighted by atomic mass is 10.2. The normalized spacial score (nSPS) is 10.3. The predicted molar refractivity (Wildman–Crippen MR) is 204 cm³/mol. The highest BCUT2D eigenvalue weighted by molar-refractivity contribution is 5.81. The Morgan fingerprint density at radius 2 is 1.06 bits per heavy atom. The summed E-state index contributed by atoms with van der Waals surface area (Å²) in [5.41, 5.74) is 6.33. The van der Waals surface area contributed by atoms with Crippen molar-refractivity contribution in [2.45, 2.75) is 6.92 Å². The van der Waals surface area contributed by atoms with Crippen LogP contribution in [0.5, 0.6) is 17.2 Å². The number of aromatic hydroxyl groups is 1. The number of ether oxygens (including phenoxy) is 2. The molecule has 0 aliphatic heterocycles. The van der Waals surface area contributed by atoms with Gasteiger partial charge in [0.1, 0.15) is 17.2 Å². The van der Waals surface area contributed by atoms with Gasteiger partial charge in [-0.15, -0.1) is 0 Å². The van der Waals surface area contributed by atoms with Crippen LogP contribution in [0.25, 0.3) is 44.1 Å². The molecule has 0 aliphatic carbocycles. The van der Waals surface area contributed by atoms with Crippen molar-refractivity contribution in [1.29, 1.82) is 0 Å². The van der Waals surface area contributed by atoms with Crippen molar-refractivity contribution in [2.24, 2.45) is 0 Å². The van der Waals surface area contributed by atoms with E-state index in [1.807, 2.05) is 150 Å². The number of para-hydroxylation sites is 3. The molecule has 3 aromatic heterocycles. The average Bonchev–Trinajstić information content (AvgIpc) is 3.94. The van der Waals surface area contributed by atoms with Gasteiger partial charge in [0.2, 0.25) is 0 Å². The third-order valence-corrected chi connectivity index (χ3v) is 7.90. The van der Waals surface area contributed by atoms with E-state index in [1.54, 1.807) is 32.4 Å². The molecule has 0 radical (unpaired) electrons. The molecule has 9 aromatic rings. The van der Waals surface area contributed by atoms with E-state index >= 15 is 0 Å². The second-order valence-corrected chi connectivity index (χ2v) is 11.4. The van der Waals surface area contributed by atoms with Crippen LogP contribution in [0.4, 0.5) is 0 Å². The monoisotopic (exact) mass is 674 g/mol. The number of nitrogens with one attached hydrogen (secondary N) is 1. The number of fused-ring (bicyclic) bond motifs is 3. The van der Waals surface area contributed by atoms with Crippen LogP contribution in [0.15, 0.2) is 164 Å². The molecular formula is C42H38N6O3. The van der Waals surface area contributed by atoms with Crippen LogP contribution in [-0.2, 0) is 0 Å². The summed E-state index contributed by atoms with van der Waals surface area (Å²) >= 11 is 0. The first-order chi connectivity index (χ1) is 25.0. The summed E-state index contributed by atoms with van der Waals surface area (Å²) in [7, 11) is 3.34. The molecule has 2 N–H and O–H groups in total. The van der Waals surface area contributed by atoms with Gasteiger partial charge in [0, 0.05) is 28.3 Å². The van der Waals surface area contributed by atoms with Gasteiger partial charge >= 0.3 is 0 Å². The first kappa shape index (κ1) is 34.0. The Balaban J connectivity index is 0.000000122. The Morgan fingerprint density at radius 3 is 1.63 bits per heavy atom. The van der Waals surface area contributed by atoms with Crippen LogP contribution in [0.3, 0.4) is 0 Å². The summed E-state index contributed by atoms with van der Waals surface area (Å²) in [4.78, 5) is 0. The zero-order chi connectivity index (χ0) is 35.4. The van der Waals surface area contributed by atoms with E-state index in [9.17, 15) is 5.11 Å². The van der Waals surface area contributed by atoms with Gasteiger partial charge in [-0.2, -0.15) is 15.3 Å². The summed E-state index contributed by atoms with van der Waals surface area (Å²) in [6, 6.07) is 47.0. The Hall–Kier alpha value is -6.87. The van der Waals surface area contributed by atoms with Crippen LogP contribution in [0, 0.1) is 6.92 Å². The molecule has 0 bridgehead atoms. The fraction of sp³-hybridized carbons (Fsp3) is 0.0714. The molecule has 0 fully saturated rings. The maximum Gasteiger partial charge on any atom is 0.121 e.